The van der Waals surface area contributed by atoms with Crippen LogP contribution < -0.4 is 5.32 Å². The van der Waals surface area contributed by atoms with Crippen molar-refractivity contribution in [3.63, 3.8) is 0 Å². The summed E-state index contributed by atoms with van der Waals surface area (Å²) in [6.45, 7) is 2.14. The van der Waals surface area contributed by atoms with Gasteiger partial charge in [-0.2, -0.15) is 5.10 Å². The van der Waals surface area contributed by atoms with Crippen LogP contribution in [0.3, 0.4) is 0 Å². The summed E-state index contributed by atoms with van der Waals surface area (Å²) in [6.07, 6.45) is 6.35. The quantitative estimate of drug-likeness (QED) is 0.861. The second-order valence-corrected chi connectivity index (χ2v) is 6.20. The molecule has 1 aliphatic rings. The van der Waals surface area contributed by atoms with Gasteiger partial charge in [0.1, 0.15) is 5.82 Å². The minimum Gasteiger partial charge on any atom is -0.316 e. The first-order chi connectivity index (χ1) is 9.74. The Labute approximate surface area is 123 Å². The molecule has 0 spiro atoms. The average molecular weight is 292 g/mol. The number of hydrogen-bond donors (Lipinski definition) is 1. The Morgan fingerprint density at radius 3 is 3.00 bits per heavy atom. The first kappa shape index (κ1) is 13.6. The lowest BCUT2D eigenvalue weighted by Gasteiger charge is -2.21. The zero-order valence-electron chi connectivity index (χ0n) is 11.9. The monoisotopic (exact) mass is 292 g/mol. The van der Waals surface area contributed by atoms with Gasteiger partial charge in [-0.05, 0) is 19.4 Å². The number of hydrogen-bond acceptors (Lipinski definition) is 5. The minimum absolute atomic E-state index is 0.494. The predicted molar refractivity (Wildman–Crippen MR) is 78.6 cm³/mol. The molecule has 0 aliphatic carbocycles. The fraction of sp³-hybridized carbons (Fsp3) is 0.615. The third kappa shape index (κ3) is 2.88. The SMILES string of the molecule is Cn1cc(CSc2nnc(C3CCCNC3)n2C)cn1. The van der Waals surface area contributed by atoms with Gasteiger partial charge in [0.05, 0.1) is 6.20 Å². The molecule has 3 rings (SSSR count). The molecule has 0 aromatic carbocycles. The second kappa shape index (κ2) is 5.97. The molecule has 2 aromatic heterocycles. The van der Waals surface area contributed by atoms with E-state index in [2.05, 4.69) is 32.2 Å². The number of aromatic nitrogens is 5. The van der Waals surface area contributed by atoms with E-state index in [1.807, 2.05) is 24.1 Å². The van der Waals surface area contributed by atoms with E-state index in [4.69, 9.17) is 0 Å². The van der Waals surface area contributed by atoms with Crippen LogP contribution in [-0.2, 0) is 19.8 Å². The van der Waals surface area contributed by atoms with Crippen LogP contribution in [0.25, 0.3) is 0 Å². The molecule has 1 saturated heterocycles. The molecule has 1 atom stereocenters. The molecule has 0 saturated carbocycles. The molecule has 1 N–H and O–H groups in total. The van der Waals surface area contributed by atoms with E-state index < -0.39 is 0 Å². The van der Waals surface area contributed by atoms with Crippen molar-refractivity contribution in [2.24, 2.45) is 14.1 Å². The zero-order chi connectivity index (χ0) is 13.9. The molecule has 0 amide bonds. The lowest BCUT2D eigenvalue weighted by Crippen LogP contribution is -2.29. The van der Waals surface area contributed by atoms with Gasteiger partial charge in [-0.15, -0.1) is 10.2 Å². The lowest BCUT2D eigenvalue weighted by molar-refractivity contribution is 0.436. The van der Waals surface area contributed by atoms with Crippen molar-refractivity contribution in [2.45, 2.75) is 29.7 Å². The Morgan fingerprint density at radius 1 is 1.40 bits per heavy atom. The Balaban J connectivity index is 1.66. The summed E-state index contributed by atoms with van der Waals surface area (Å²) in [5.41, 5.74) is 1.21. The van der Waals surface area contributed by atoms with Crippen LogP contribution in [-0.4, -0.2) is 37.6 Å². The van der Waals surface area contributed by atoms with Crippen LogP contribution in [0.2, 0.25) is 0 Å². The van der Waals surface area contributed by atoms with Crippen molar-refractivity contribution >= 4 is 11.8 Å². The van der Waals surface area contributed by atoms with Crippen LogP contribution >= 0.6 is 11.8 Å². The summed E-state index contributed by atoms with van der Waals surface area (Å²) in [4.78, 5) is 0. The molecule has 1 fully saturated rings. The van der Waals surface area contributed by atoms with Crippen molar-refractivity contribution in [2.75, 3.05) is 13.1 Å². The van der Waals surface area contributed by atoms with Crippen molar-refractivity contribution in [3.8, 4) is 0 Å². The van der Waals surface area contributed by atoms with E-state index in [1.165, 1.54) is 18.4 Å². The summed E-state index contributed by atoms with van der Waals surface area (Å²) >= 11 is 1.71. The van der Waals surface area contributed by atoms with Crippen LogP contribution in [0.5, 0.6) is 0 Å². The van der Waals surface area contributed by atoms with Crippen LogP contribution in [0.15, 0.2) is 17.6 Å². The van der Waals surface area contributed by atoms with Gasteiger partial charge < -0.3 is 9.88 Å². The standard InChI is InChI=1S/C13H20N6S/c1-18-8-10(6-15-18)9-20-13-17-16-12(19(13)2)11-4-3-5-14-7-11/h6,8,11,14H,3-5,7,9H2,1-2H3. The van der Waals surface area contributed by atoms with Crippen molar-refractivity contribution < 1.29 is 0 Å². The van der Waals surface area contributed by atoms with Gasteiger partial charge in [0.15, 0.2) is 5.16 Å². The maximum atomic E-state index is 4.39. The molecule has 1 unspecified atom stereocenters. The normalized spacial score (nSPS) is 19.4. The Hall–Kier alpha value is -1.34. The summed E-state index contributed by atoms with van der Waals surface area (Å²) < 4.78 is 3.96. The average Bonchev–Trinajstić information content (AvgIpc) is 3.04. The van der Waals surface area contributed by atoms with E-state index >= 15 is 0 Å². The lowest BCUT2D eigenvalue weighted by atomic mass is 9.99. The van der Waals surface area contributed by atoms with Gasteiger partial charge in [-0.3, -0.25) is 4.68 Å². The molecule has 2 aromatic rings. The number of thioether (sulfide) groups is 1. The molecule has 0 radical (unpaired) electrons. The van der Waals surface area contributed by atoms with Crippen molar-refractivity contribution in [1.82, 2.24) is 29.9 Å². The van der Waals surface area contributed by atoms with E-state index in [0.717, 1.165) is 29.8 Å². The molecule has 7 heteroatoms. The van der Waals surface area contributed by atoms with E-state index in [9.17, 15) is 0 Å². The number of nitrogens with zero attached hydrogens (tertiary/aromatic N) is 5. The van der Waals surface area contributed by atoms with E-state index in [1.54, 1.807) is 11.8 Å². The first-order valence-electron chi connectivity index (χ1n) is 6.94. The summed E-state index contributed by atoms with van der Waals surface area (Å²) in [5, 5.41) is 17.3. The van der Waals surface area contributed by atoms with Crippen LogP contribution in [0.1, 0.15) is 30.1 Å². The second-order valence-electron chi connectivity index (χ2n) is 5.25. The van der Waals surface area contributed by atoms with Gasteiger partial charge in [0.2, 0.25) is 0 Å². The molecule has 20 heavy (non-hydrogen) atoms. The third-order valence-corrected chi connectivity index (χ3v) is 4.75. The molecule has 6 nitrogen and oxygen atoms in total. The van der Waals surface area contributed by atoms with Crippen molar-refractivity contribution in [3.05, 3.63) is 23.8 Å². The first-order valence-corrected chi connectivity index (χ1v) is 7.93. The van der Waals surface area contributed by atoms with E-state index in [-0.39, 0.29) is 0 Å². The molecule has 3 heterocycles. The van der Waals surface area contributed by atoms with Gasteiger partial charge in [-0.1, -0.05) is 11.8 Å². The minimum atomic E-state index is 0.494. The Morgan fingerprint density at radius 2 is 2.30 bits per heavy atom. The molecule has 0 bridgehead atoms. The highest BCUT2D eigenvalue weighted by atomic mass is 32.2. The third-order valence-electron chi connectivity index (χ3n) is 3.66. The molecule has 108 valence electrons. The fourth-order valence-corrected chi connectivity index (χ4v) is 3.40. The molecule has 1 aliphatic heterocycles. The summed E-state index contributed by atoms with van der Waals surface area (Å²) in [6, 6.07) is 0. The highest BCUT2D eigenvalue weighted by Crippen LogP contribution is 2.26. The highest BCUT2D eigenvalue weighted by Gasteiger charge is 2.21. The summed E-state index contributed by atoms with van der Waals surface area (Å²) in [7, 11) is 4.00. The fourth-order valence-electron chi connectivity index (χ4n) is 2.57. The van der Waals surface area contributed by atoms with Gasteiger partial charge in [-0.25, -0.2) is 0 Å². The zero-order valence-corrected chi connectivity index (χ0v) is 12.7. The molecular formula is C13H20N6S. The Bertz CT molecular complexity index is 569. The maximum absolute atomic E-state index is 4.39. The largest absolute Gasteiger partial charge is 0.316 e. The van der Waals surface area contributed by atoms with E-state index in [0.29, 0.717) is 5.92 Å². The Kier molecular flexibility index (Phi) is 4.07. The topological polar surface area (TPSA) is 60.6 Å². The van der Waals surface area contributed by atoms with Gasteiger partial charge >= 0.3 is 0 Å². The molecular weight excluding hydrogens is 272 g/mol. The van der Waals surface area contributed by atoms with Crippen molar-refractivity contribution in [1.29, 1.82) is 0 Å². The maximum Gasteiger partial charge on any atom is 0.191 e. The number of rotatable bonds is 4. The van der Waals surface area contributed by atoms with Crippen LogP contribution in [0, 0.1) is 0 Å². The smallest absolute Gasteiger partial charge is 0.191 e. The van der Waals surface area contributed by atoms with Gasteiger partial charge in [0.25, 0.3) is 0 Å². The number of aryl methyl sites for hydroxylation is 1. The number of nitrogens with one attached hydrogen (secondary N) is 1. The highest BCUT2D eigenvalue weighted by molar-refractivity contribution is 7.98. The van der Waals surface area contributed by atoms with Crippen LogP contribution in [0.4, 0.5) is 0 Å². The predicted octanol–water partition coefficient (Wildman–Crippen LogP) is 1.31. The van der Waals surface area contributed by atoms with Gasteiger partial charge in [0, 0.05) is 44.1 Å². The number of piperidine rings is 1. The summed E-state index contributed by atoms with van der Waals surface area (Å²) in [5.74, 6) is 2.47.